The minimum absolute atomic E-state index is 0.827. The Bertz CT molecular complexity index is 170. The van der Waals surface area contributed by atoms with Gasteiger partial charge in [-0.05, 0) is 25.4 Å². The Balaban J connectivity index is 1.78. The summed E-state index contributed by atoms with van der Waals surface area (Å²) in [5.74, 6) is 0.914. The molecule has 2 fully saturated rings. The van der Waals surface area contributed by atoms with E-state index in [9.17, 15) is 0 Å². The van der Waals surface area contributed by atoms with Crippen molar-refractivity contribution in [2.45, 2.75) is 30.8 Å². The highest BCUT2D eigenvalue weighted by Crippen LogP contribution is 2.25. The molecule has 14 heavy (non-hydrogen) atoms. The van der Waals surface area contributed by atoms with Crippen LogP contribution in [0.4, 0.5) is 0 Å². The third-order valence-electron chi connectivity index (χ3n) is 3.17. The maximum atomic E-state index is 3.45. The van der Waals surface area contributed by atoms with Crippen molar-refractivity contribution >= 4 is 11.8 Å². The Labute approximate surface area is 91.8 Å². The van der Waals surface area contributed by atoms with Gasteiger partial charge < -0.3 is 10.2 Å². The van der Waals surface area contributed by atoms with Crippen LogP contribution in [-0.2, 0) is 0 Å². The van der Waals surface area contributed by atoms with Crippen molar-refractivity contribution in [2.24, 2.45) is 5.92 Å². The van der Waals surface area contributed by atoms with E-state index in [0.29, 0.717) is 0 Å². The second-order valence-corrected chi connectivity index (χ2v) is 6.72. The summed E-state index contributed by atoms with van der Waals surface area (Å²) >= 11 is 2.15. The molecule has 2 rings (SSSR count). The zero-order valence-electron chi connectivity index (χ0n) is 9.33. The average molecular weight is 214 g/mol. The topological polar surface area (TPSA) is 15.3 Å². The Morgan fingerprint density at radius 3 is 2.57 bits per heavy atom. The van der Waals surface area contributed by atoms with Crippen LogP contribution in [0.25, 0.3) is 0 Å². The summed E-state index contributed by atoms with van der Waals surface area (Å²) in [6.45, 7) is 11.1. The van der Waals surface area contributed by atoms with Gasteiger partial charge in [-0.2, -0.15) is 11.8 Å². The van der Waals surface area contributed by atoms with Gasteiger partial charge in [0, 0.05) is 30.1 Å². The van der Waals surface area contributed by atoms with Gasteiger partial charge in [-0.25, -0.2) is 0 Å². The highest BCUT2D eigenvalue weighted by molar-refractivity contribution is 8.00. The molecule has 0 aliphatic carbocycles. The fourth-order valence-corrected chi connectivity index (χ4v) is 4.06. The standard InChI is InChI=1S/C11H22N2S/c1-9-6-13(7-10(2)14-9)8-11-3-4-12-5-11/h9-12H,3-8H2,1-2H3/t9?,10?,11-/m0/s1. The predicted molar refractivity (Wildman–Crippen MR) is 63.9 cm³/mol. The van der Waals surface area contributed by atoms with Crippen LogP contribution < -0.4 is 5.32 Å². The van der Waals surface area contributed by atoms with E-state index in [2.05, 4.69) is 35.8 Å². The van der Waals surface area contributed by atoms with Gasteiger partial charge in [0.25, 0.3) is 0 Å². The van der Waals surface area contributed by atoms with E-state index >= 15 is 0 Å². The van der Waals surface area contributed by atoms with E-state index < -0.39 is 0 Å². The molecule has 2 unspecified atom stereocenters. The molecule has 0 bridgehead atoms. The van der Waals surface area contributed by atoms with Gasteiger partial charge in [0.05, 0.1) is 0 Å². The lowest BCUT2D eigenvalue weighted by atomic mass is 10.1. The van der Waals surface area contributed by atoms with Crippen molar-refractivity contribution in [3.05, 3.63) is 0 Å². The van der Waals surface area contributed by atoms with Crippen LogP contribution in [0.3, 0.4) is 0 Å². The molecule has 0 radical (unpaired) electrons. The molecule has 2 heterocycles. The first-order chi connectivity index (χ1) is 6.74. The Morgan fingerprint density at radius 2 is 2.00 bits per heavy atom. The Hall–Kier alpha value is 0.270. The minimum atomic E-state index is 0.827. The first kappa shape index (κ1) is 10.8. The molecule has 2 aliphatic heterocycles. The van der Waals surface area contributed by atoms with Gasteiger partial charge in [0.2, 0.25) is 0 Å². The number of thioether (sulfide) groups is 1. The van der Waals surface area contributed by atoms with Crippen LogP contribution in [0.15, 0.2) is 0 Å². The molecule has 2 aliphatic rings. The molecule has 2 saturated heterocycles. The summed E-state index contributed by atoms with van der Waals surface area (Å²) in [5.41, 5.74) is 0. The smallest absolute Gasteiger partial charge is 0.0149 e. The van der Waals surface area contributed by atoms with Crippen LogP contribution in [0.1, 0.15) is 20.3 Å². The first-order valence-electron chi connectivity index (χ1n) is 5.82. The third-order valence-corrected chi connectivity index (χ3v) is 4.40. The van der Waals surface area contributed by atoms with Crippen molar-refractivity contribution < 1.29 is 0 Å². The molecule has 0 aromatic rings. The second-order valence-electron chi connectivity index (χ2n) is 4.83. The monoisotopic (exact) mass is 214 g/mol. The number of hydrogen-bond donors (Lipinski definition) is 1. The number of nitrogens with zero attached hydrogens (tertiary/aromatic N) is 1. The maximum absolute atomic E-state index is 3.45. The van der Waals surface area contributed by atoms with Gasteiger partial charge in [-0.1, -0.05) is 13.8 Å². The Morgan fingerprint density at radius 1 is 1.29 bits per heavy atom. The predicted octanol–water partition coefficient (Wildman–Crippen LogP) is 1.42. The highest BCUT2D eigenvalue weighted by atomic mass is 32.2. The van der Waals surface area contributed by atoms with Gasteiger partial charge in [0.15, 0.2) is 0 Å². The fourth-order valence-electron chi connectivity index (χ4n) is 2.67. The van der Waals surface area contributed by atoms with Crippen LogP contribution >= 0.6 is 11.8 Å². The maximum Gasteiger partial charge on any atom is 0.0149 e. The molecule has 0 amide bonds. The van der Waals surface area contributed by atoms with E-state index in [1.807, 2.05) is 0 Å². The lowest BCUT2D eigenvalue weighted by Gasteiger charge is -2.35. The molecule has 0 saturated carbocycles. The van der Waals surface area contributed by atoms with E-state index in [0.717, 1.165) is 16.4 Å². The Kier molecular flexibility index (Phi) is 3.74. The number of rotatable bonds is 2. The van der Waals surface area contributed by atoms with Gasteiger partial charge in [-0.3, -0.25) is 0 Å². The number of nitrogens with one attached hydrogen (secondary N) is 1. The minimum Gasteiger partial charge on any atom is -0.316 e. The largest absolute Gasteiger partial charge is 0.316 e. The summed E-state index contributed by atoms with van der Waals surface area (Å²) in [4.78, 5) is 2.67. The average Bonchev–Trinajstić information content (AvgIpc) is 2.54. The lowest BCUT2D eigenvalue weighted by molar-refractivity contribution is 0.235. The van der Waals surface area contributed by atoms with Crippen molar-refractivity contribution in [1.29, 1.82) is 0 Å². The zero-order chi connectivity index (χ0) is 9.97. The van der Waals surface area contributed by atoms with E-state index in [1.54, 1.807) is 0 Å². The van der Waals surface area contributed by atoms with E-state index in [4.69, 9.17) is 0 Å². The van der Waals surface area contributed by atoms with Gasteiger partial charge in [-0.15, -0.1) is 0 Å². The van der Waals surface area contributed by atoms with E-state index in [1.165, 1.54) is 39.1 Å². The molecule has 1 N–H and O–H groups in total. The summed E-state index contributed by atoms with van der Waals surface area (Å²) < 4.78 is 0. The van der Waals surface area contributed by atoms with E-state index in [-0.39, 0.29) is 0 Å². The molecule has 0 aromatic carbocycles. The molecule has 0 aromatic heterocycles. The quantitative estimate of drug-likeness (QED) is 0.748. The van der Waals surface area contributed by atoms with Crippen molar-refractivity contribution in [1.82, 2.24) is 10.2 Å². The lowest BCUT2D eigenvalue weighted by Crippen LogP contribution is -2.43. The zero-order valence-corrected chi connectivity index (χ0v) is 10.1. The van der Waals surface area contributed by atoms with Crippen LogP contribution in [0, 0.1) is 5.92 Å². The second kappa shape index (κ2) is 4.86. The molecule has 3 heteroatoms. The van der Waals surface area contributed by atoms with Crippen LogP contribution in [-0.4, -0.2) is 48.1 Å². The molecule has 2 nitrogen and oxygen atoms in total. The SMILES string of the molecule is CC1CN(C[C@H]2CCNC2)CC(C)S1. The van der Waals surface area contributed by atoms with Gasteiger partial charge in [0.1, 0.15) is 0 Å². The fraction of sp³-hybridized carbons (Fsp3) is 1.00. The van der Waals surface area contributed by atoms with Crippen molar-refractivity contribution in [3.63, 3.8) is 0 Å². The van der Waals surface area contributed by atoms with Crippen molar-refractivity contribution in [3.8, 4) is 0 Å². The summed E-state index contributed by atoms with van der Waals surface area (Å²) in [5, 5.41) is 5.11. The summed E-state index contributed by atoms with van der Waals surface area (Å²) in [6, 6.07) is 0. The molecular weight excluding hydrogens is 192 g/mol. The van der Waals surface area contributed by atoms with Crippen LogP contribution in [0.5, 0.6) is 0 Å². The molecular formula is C11H22N2S. The van der Waals surface area contributed by atoms with Crippen LogP contribution in [0.2, 0.25) is 0 Å². The normalized spacial score (nSPS) is 40.3. The first-order valence-corrected chi connectivity index (χ1v) is 6.77. The molecule has 82 valence electrons. The third kappa shape index (κ3) is 2.88. The highest BCUT2D eigenvalue weighted by Gasteiger charge is 2.25. The molecule has 3 atom stereocenters. The molecule has 0 spiro atoms. The summed E-state index contributed by atoms with van der Waals surface area (Å²) in [7, 11) is 0. The summed E-state index contributed by atoms with van der Waals surface area (Å²) in [6.07, 6.45) is 1.38. The number of hydrogen-bond acceptors (Lipinski definition) is 3. The van der Waals surface area contributed by atoms with Gasteiger partial charge >= 0.3 is 0 Å². The van der Waals surface area contributed by atoms with Crippen molar-refractivity contribution in [2.75, 3.05) is 32.7 Å².